The average molecular weight is 478 g/mol. The predicted molar refractivity (Wildman–Crippen MR) is 117 cm³/mol. The van der Waals surface area contributed by atoms with E-state index in [0.29, 0.717) is 28.9 Å². The molecule has 0 spiro atoms. The van der Waals surface area contributed by atoms with E-state index in [2.05, 4.69) is 4.98 Å². The Kier molecular flexibility index (Phi) is 6.31. The van der Waals surface area contributed by atoms with Crippen molar-refractivity contribution in [2.24, 2.45) is 5.92 Å². The van der Waals surface area contributed by atoms with Crippen molar-refractivity contribution in [2.75, 3.05) is 17.1 Å². The van der Waals surface area contributed by atoms with Gasteiger partial charge in [-0.3, -0.25) is 9.71 Å². The van der Waals surface area contributed by atoms with Crippen molar-refractivity contribution in [2.45, 2.75) is 18.7 Å². The number of halogens is 3. The van der Waals surface area contributed by atoms with Crippen molar-refractivity contribution >= 4 is 15.7 Å². The molecule has 6 nitrogen and oxygen atoms in total. The van der Waals surface area contributed by atoms with Gasteiger partial charge in [-0.25, -0.2) is 8.42 Å². The molecule has 1 aliphatic rings. The number of aromatic nitrogens is 1. The Morgan fingerprint density at radius 2 is 1.85 bits per heavy atom. The van der Waals surface area contributed by atoms with Gasteiger partial charge in [-0.1, -0.05) is 36.4 Å². The molecule has 1 aliphatic heterocycles. The first kappa shape index (κ1) is 23.1. The Morgan fingerprint density at radius 3 is 2.58 bits per heavy atom. The molecule has 1 unspecified atom stereocenters. The van der Waals surface area contributed by atoms with Gasteiger partial charge in [0.1, 0.15) is 5.75 Å². The third kappa shape index (κ3) is 5.63. The first-order chi connectivity index (χ1) is 15.6. The van der Waals surface area contributed by atoms with Crippen LogP contribution in [-0.4, -0.2) is 37.0 Å². The van der Waals surface area contributed by atoms with Crippen molar-refractivity contribution in [3.05, 3.63) is 78.1 Å². The monoisotopic (exact) mass is 478 g/mol. The van der Waals surface area contributed by atoms with Gasteiger partial charge in [0, 0.05) is 28.9 Å². The first-order valence-corrected chi connectivity index (χ1v) is 11.8. The molecule has 1 aromatic heterocycles. The number of sulfonamides is 1. The Hall–Kier alpha value is -3.11. The van der Waals surface area contributed by atoms with Crippen molar-refractivity contribution in [1.29, 1.82) is 0 Å². The normalized spacial score (nSPS) is 18.3. The van der Waals surface area contributed by atoms with E-state index in [1.54, 1.807) is 36.5 Å². The Labute approximate surface area is 189 Å². The minimum atomic E-state index is -4.86. The van der Waals surface area contributed by atoms with E-state index in [1.807, 2.05) is 22.9 Å². The second kappa shape index (κ2) is 9.03. The van der Waals surface area contributed by atoms with Gasteiger partial charge < -0.3 is 9.84 Å². The van der Waals surface area contributed by atoms with Crippen molar-refractivity contribution in [3.63, 3.8) is 0 Å². The number of anilines is 1. The van der Waals surface area contributed by atoms with E-state index in [0.717, 1.165) is 5.69 Å². The number of pyridine rings is 1. The molecule has 174 valence electrons. The van der Waals surface area contributed by atoms with Gasteiger partial charge in [-0.2, -0.15) is 13.2 Å². The molecule has 0 fully saturated rings. The molecule has 2 N–H and O–H groups in total. The van der Waals surface area contributed by atoms with Crippen LogP contribution >= 0.6 is 0 Å². The molecule has 4 rings (SSSR count). The van der Waals surface area contributed by atoms with Crippen LogP contribution in [0.25, 0.3) is 11.1 Å². The number of benzene rings is 2. The summed E-state index contributed by atoms with van der Waals surface area (Å²) in [5.41, 5.74) is 2.37. The van der Waals surface area contributed by atoms with Gasteiger partial charge >= 0.3 is 6.18 Å². The molecule has 0 aliphatic carbocycles. The topological polar surface area (TPSA) is 88.5 Å². The third-order valence-electron chi connectivity index (χ3n) is 5.29. The van der Waals surface area contributed by atoms with Crippen LogP contribution in [0.3, 0.4) is 0 Å². The minimum Gasteiger partial charge on any atom is -0.493 e. The summed E-state index contributed by atoms with van der Waals surface area (Å²) >= 11 is 0. The first-order valence-electron chi connectivity index (χ1n) is 10.1. The van der Waals surface area contributed by atoms with Crippen molar-refractivity contribution < 1.29 is 31.4 Å². The quantitative estimate of drug-likeness (QED) is 0.550. The van der Waals surface area contributed by atoms with Crippen molar-refractivity contribution in [3.8, 4) is 16.9 Å². The van der Waals surface area contributed by atoms with Crippen LogP contribution in [0.4, 0.5) is 18.9 Å². The van der Waals surface area contributed by atoms with Crippen molar-refractivity contribution in [1.82, 2.24) is 4.98 Å². The van der Waals surface area contributed by atoms with Gasteiger partial charge in [0.05, 0.1) is 18.4 Å². The second-order valence-corrected chi connectivity index (χ2v) is 9.54. The van der Waals surface area contributed by atoms with Crippen LogP contribution in [0.1, 0.15) is 17.4 Å². The van der Waals surface area contributed by atoms with E-state index in [-0.39, 0.29) is 18.2 Å². The maximum Gasteiger partial charge on any atom is 0.404 e. The highest BCUT2D eigenvalue weighted by molar-refractivity contribution is 7.92. The van der Waals surface area contributed by atoms with Crippen LogP contribution < -0.4 is 9.46 Å². The highest BCUT2D eigenvalue weighted by Gasteiger charge is 2.35. The SMILES string of the molecule is O=S(=O)(CC(F)(F)F)Nc1ccccc1-c1ccc2c(c1)OCC(Cc1ccccn1)[C@H]2O. The lowest BCUT2D eigenvalue weighted by Gasteiger charge is -2.30. The lowest BCUT2D eigenvalue weighted by molar-refractivity contribution is -0.106. The van der Waals surface area contributed by atoms with Gasteiger partial charge in [-0.15, -0.1) is 0 Å². The molecule has 0 saturated carbocycles. The standard InChI is InChI=1S/C23H21F3N2O4S/c24-23(25,26)14-33(30,31)28-20-7-2-1-6-18(20)15-8-9-19-21(12-15)32-13-16(22(19)29)11-17-5-3-4-10-27-17/h1-10,12,16,22,28-29H,11,13-14H2/t16?,22-/m1/s1. The summed E-state index contributed by atoms with van der Waals surface area (Å²) in [4.78, 5) is 4.28. The third-order valence-corrected chi connectivity index (χ3v) is 6.52. The molecule has 0 bridgehead atoms. The fourth-order valence-corrected chi connectivity index (χ4v) is 4.83. The lowest BCUT2D eigenvalue weighted by Crippen LogP contribution is -2.28. The molecule has 0 saturated heterocycles. The fourth-order valence-electron chi connectivity index (χ4n) is 3.81. The smallest absolute Gasteiger partial charge is 0.404 e. The molecule has 2 heterocycles. The summed E-state index contributed by atoms with van der Waals surface area (Å²) in [6.45, 7) is 0.258. The summed E-state index contributed by atoms with van der Waals surface area (Å²) in [7, 11) is -4.64. The maximum atomic E-state index is 12.6. The molecular weight excluding hydrogens is 457 g/mol. The maximum absolute atomic E-state index is 12.6. The van der Waals surface area contributed by atoms with E-state index < -0.39 is 28.1 Å². The molecular formula is C23H21F3N2O4S. The van der Waals surface area contributed by atoms with Gasteiger partial charge in [0.15, 0.2) is 5.75 Å². The number of hydrogen-bond acceptors (Lipinski definition) is 5. The number of nitrogens with one attached hydrogen (secondary N) is 1. The number of fused-ring (bicyclic) bond motifs is 1. The van der Waals surface area contributed by atoms with E-state index in [9.17, 15) is 26.7 Å². The number of nitrogens with zero attached hydrogens (tertiary/aromatic N) is 1. The number of alkyl halides is 3. The van der Waals surface area contributed by atoms with Gasteiger partial charge in [0.2, 0.25) is 10.0 Å². The average Bonchev–Trinajstić information content (AvgIpc) is 2.75. The molecule has 2 aromatic carbocycles. The molecule has 0 radical (unpaired) electrons. The summed E-state index contributed by atoms with van der Waals surface area (Å²) in [6.07, 6.45) is -3.42. The molecule has 2 atom stereocenters. The lowest BCUT2D eigenvalue weighted by atomic mass is 9.88. The Balaban J connectivity index is 1.58. The van der Waals surface area contributed by atoms with E-state index in [1.165, 1.54) is 12.1 Å². The predicted octanol–water partition coefficient (Wildman–Crippen LogP) is 4.34. The molecule has 3 aromatic rings. The number of aliphatic hydroxyl groups is 1. The van der Waals surface area contributed by atoms with Gasteiger partial charge in [-0.05, 0) is 36.2 Å². The summed E-state index contributed by atoms with van der Waals surface area (Å²) < 4.78 is 69.7. The highest BCUT2D eigenvalue weighted by atomic mass is 32.2. The fraction of sp³-hybridized carbons (Fsp3) is 0.261. The van der Waals surface area contributed by atoms with Crippen LogP contribution in [0.15, 0.2) is 66.9 Å². The van der Waals surface area contributed by atoms with E-state index >= 15 is 0 Å². The Morgan fingerprint density at radius 1 is 1.09 bits per heavy atom. The Bertz CT molecular complexity index is 1230. The number of para-hydroxylation sites is 1. The number of rotatable bonds is 6. The van der Waals surface area contributed by atoms with E-state index in [4.69, 9.17) is 4.74 Å². The molecule has 10 heteroatoms. The summed E-state index contributed by atoms with van der Waals surface area (Å²) in [6, 6.07) is 16.7. The van der Waals surface area contributed by atoms with Crippen LogP contribution in [0, 0.1) is 5.92 Å². The molecule has 0 amide bonds. The van der Waals surface area contributed by atoms with Gasteiger partial charge in [0.25, 0.3) is 0 Å². The minimum absolute atomic E-state index is 0.0195. The number of hydrogen-bond donors (Lipinski definition) is 2. The highest BCUT2D eigenvalue weighted by Crippen LogP contribution is 2.40. The molecule has 33 heavy (non-hydrogen) atoms. The summed E-state index contributed by atoms with van der Waals surface area (Å²) in [5.74, 6) is -1.74. The number of ether oxygens (including phenoxy) is 1. The van der Waals surface area contributed by atoms with Crippen LogP contribution in [0.5, 0.6) is 5.75 Å². The van der Waals surface area contributed by atoms with Crippen LogP contribution in [-0.2, 0) is 16.4 Å². The number of aliphatic hydroxyl groups excluding tert-OH is 1. The van der Waals surface area contributed by atoms with Crippen LogP contribution in [0.2, 0.25) is 0 Å². The zero-order chi connectivity index (χ0) is 23.6. The largest absolute Gasteiger partial charge is 0.493 e. The second-order valence-electron chi connectivity index (χ2n) is 7.82. The summed E-state index contributed by atoms with van der Waals surface area (Å²) in [5, 5.41) is 10.9. The zero-order valence-corrected chi connectivity index (χ0v) is 18.1. The zero-order valence-electron chi connectivity index (χ0n) is 17.3.